The van der Waals surface area contributed by atoms with Crippen LogP contribution in [-0.4, -0.2) is 41.6 Å². The summed E-state index contributed by atoms with van der Waals surface area (Å²) in [5.74, 6) is 0.108. The van der Waals surface area contributed by atoms with Crippen molar-refractivity contribution in [2.24, 2.45) is 5.41 Å². The molecular weight excluding hydrogens is 342 g/mol. The van der Waals surface area contributed by atoms with Crippen LogP contribution in [0.3, 0.4) is 0 Å². The first-order valence-electron chi connectivity index (χ1n) is 9.98. The van der Waals surface area contributed by atoms with Gasteiger partial charge in [-0.2, -0.15) is 0 Å². The van der Waals surface area contributed by atoms with E-state index in [2.05, 4.69) is 33.3 Å². The second kappa shape index (κ2) is 6.16. The van der Waals surface area contributed by atoms with Crippen LogP contribution in [0.15, 0.2) is 18.2 Å². The number of amides is 2. The van der Waals surface area contributed by atoms with Crippen molar-refractivity contribution < 1.29 is 14.4 Å². The van der Waals surface area contributed by atoms with Gasteiger partial charge >= 0.3 is 0 Å². The quantitative estimate of drug-likeness (QED) is 0.807. The maximum Gasteiger partial charge on any atom is 0.243 e. The van der Waals surface area contributed by atoms with Crippen LogP contribution in [0.5, 0.6) is 0 Å². The van der Waals surface area contributed by atoms with Crippen molar-refractivity contribution in [3.8, 4) is 0 Å². The van der Waals surface area contributed by atoms with E-state index in [1.807, 2.05) is 0 Å². The third-order valence-electron chi connectivity index (χ3n) is 6.92. The number of hydrogen-bond acceptors (Lipinski definition) is 5. The lowest BCUT2D eigenvalue weighted by Gasteiger charge is -2.47. The van der Waals surface area contributed by atoms with Crippen LogP contribution in [0.1, 0.15) is 49.7 Å². The predicted molar refractivity (Wildman–Crippen MR) is 100.0 cm³/mol. The van der Waals surface area contributed by atoms with Crippen LogP contribution in [0.4, 0.5) is 5.69 Å². The van der Waals surface area contributed by atoms with Gasteiger partial charge in [-0.15, -0.1) is 0 Å². The molecule has 3 aliphatic heterocycles. The number of benzene rings is 1. The summed E-state index contributed by atoms with van der Waals surface area (Å²) in [4.78, 5) is 39.6. The molecule has 4 aliphatic rings. The van der Waals surface area contributed by atoms with E-state index in [4.69, 9.17) is 0 Å². The standard InChI is InChI=1S/C21H25N3O3/c25-17-10-21(11-17)5-7-23(8-6-21)16-2-1-14-12-24(13-15(14)9-16)18-3-4-19(26)22-20(18)27/h1-2,9,18H,3-8,10-13H2,(H,22,26,27). The summed E-state index contributed by atoms with van der Waals surface area (Å²) >= 11 is 0. The van der Waals surface area contributed by atoms with Crippen LogP contribution in [-0.2, 0) is 27.5 Å². The first-order valence-corrected chi connectivity index (χ1v) is 9.98. The van der Waals surface area contributed by atoms with Gasteiger partial charge in [0.25, 0.3) is 0 Å². The molecule has 3 heterocycles. The van der Waals surface area contributed by atoms with Crippen molar-refractivity contribution in [3.63, 3.8) is 0 Å². The van der Waals surface area contributed by atoms with Gasteiger partial charge in [0.15, 0.2) is 0 Å². The molecule has 2 amide bonds. The van der Waals surface area contributed by atoms with E-state index in [9.17, 15) is 14.4 Å². The number of imide groups is 1. The van der Waals surface area contributed by atoms with Gasteiger partial charge in [-0.1, -0.05) is 6.07 Å². The fourth-order valence-electron chi connectivity index (χ4n) is 5.23. The molecule has 1 saturated carbocycles. The number of anilines is 1. The molecule has 1 aliphatic carbocycles. The smallest absolute Gasteiger partial charge is 0.243 e. The molecule has 1 aromatic rings. The van der Waals surface area contributed by atoms with Crippen molar-refractivity contribution in [1.82, 2.24) is 10.2 Å². The van der Waals surface area contributed by atoms with Crippen LogP contribution in [0.2, 0.25) is 0 Å². The van der Waals surface area contributed by atoms with Crippen molar-refractivity contribution >= 4 is 23.3 Å². The average molecular weight is 367 g/mol. The fraction of sp³-hybridized carbons (Fsp3) is 0.571. The van der Waals surface area contributed by atoms with Crippen molar-refractivity contribution in [1.29, 1.82) is 0 Å². The Balaban J connectivity index is 1.26. The normalized spacial score (nSPS) is 27.5. The Labute approximate surface area is 158 Å². The number of Topliss-reactive ketones (excluding diaryl/α,β-unsaturated/α-hetero) is 1. The summed E-state index contributed by atoms with van der Waals surface area (Å²) in [6, 6.07) is 6.44. The van der Waals surface area contributed by atoms with Gasteiger partial charge in [0.05, 0.1) is 6.04 Å². The van der Waals surface area contributed by atoms with E-state index in [-0.39, 0.29) is 17.9 Å². The van der Waals surface area contributed by atoms with Crippen molar-refractivity contribution in [2.45, 2.75) is 57.7 Å². The summed E-state index contributed by atoms with van der Waals surface area (Å²) in [5.41, 5.74) is 4.12. The topological polar surface area (TPSA) is 69.7 Å². The van der Waals surface area contributed by atoms with Crippen LogP contribution in [0.25, 0.3) is 0 Å². The molecule has 1 unspecified atom stereocenters. The molecule has 1 aromatic carbocycles. The first-order chi connectivity index (χ1) is 13.0. The first kappa shape index (κ1) is 16.9. The summed E-state index contributed by atoms with van der Waals surface area (Å²) in [6.07, 6.45) is 4.82. The van der Waals surface area contributed by atoms with Gasteiger partial charge in [-0.3, -0.25) is 24.6 Å². The highest BCUT2D eigenvalue weighted by Gasteiger charge is 2.45. The van der Waals surface area contributed by atoms with E-state index in [0.29, 0.717) is 24.0 Å². The van der Waals surface area contributed by atoms with E-state index in [1.165, 1.54) is 16.8 Å². The molecule has 6 heteroatoms. The van der Waals surface area contributed by atoms with Crippen LogP contribution in [0, 0.1) is 5.41 Å². The Morgan fingerprint density at radius 3 is 2.44 bits per heavy atom. The molecule has 6 nitrogen and oxygen atoms in total. The van der Waals surface area contributed by atoms with Crippen LogP contribution < -0.4 is 10.2 Å². The number of hydrogen-bond donors (Lipinski definition) is 1. The zero-order valence-corrected chi connectivity index (χ0v) is 15.5. The Kier molecular flexibility index (Phi) is 3.86. The van der Waals surface area contributed by atoms with Gasteiger partial charge < -0.3 is 4.90 Å². The minimum absolute atomic E-state index is 0.157. The highest BCUT2D eigenvalue weighted by Crippen LogP contribution is 2.47. The summed E-state index contributed by atoms with van der Waals surface area (Å²) < 4.78 is 0. The van der Waals surface area contributed by atoms with E-state index in [1.54, 1.807) is 0 Å². The largest absolute Gasteiger partial charge is 0.371 e. The fourth-order valence-corrected chi connectivity index (χ4v) is 5.23. The second-order valence-electron chi connectivity index (χ2n) is 8.70. The molecule has 1 N–H and O–H groups in total. The van der Waals surface area contributed by atoms with Gasteiger partial charge in [-0.05, 0) is 47.9 Å². The Morgan fingerprint density at radius 2 is 1.74 bits per heavy atom. The molecule has 3 fully saturated rings. The number of piperidine rings is 2. The van der Waals surface area contributed by atoms with E-state index < -0.39 is 0 Å². The van der Waals surface area contributed by atoms with Crippen molar-refractivity contribution in [3.05, 3.63) is 29.3 Å². The lowest BCUT2D eigenvalue weighted by Crippen LogP contribution is -2.50. The second-order valence-corrected chi connectivity index (χ2v) is 8.70. The molecule has 27 heavy (non-hydrogen) atoms. The molecule has 5 rings (SSSR count). The molecule has 0 radical (unpaired) electrons. The molecule has 142 valence electrons. The lowest BCUT2D eigenvalue weighted by atomic mass is 9.62. The zero-order chi connectivity index (χ0) is 18.6. The summed E-state index contributed by atoms with van der Waals surface area (Å²) in [5, 5.41) is 2.47. The van der Waals surface area contributed by atoms with Gasteiger partial charge in [0, 0.05) is 51.1 Å². The maximum absolute atomic E-state index is 12.2. The van der Waals surface area contributed by atoms with Gasteiger partial charge in [-0.25, -0.2) is 0 Å². The lowest BCUT2D eigenvalue weighted by molar-refractivity contribution is -0.138. The van der Waals surface area contributed by atoms with Crippen LogP contribution >= 0.6 is 0 Å². The predicted octanol–water partition coefficient (Wildman–Crippen LogP) is 1.76. The van der Waals surface area contributed by atoms with Gasteiger partial charge in [0.2, 0.25) is 11.8 Å². The number of nitrogens with one attached hydrogen (secondary N) is 1. The number of nitrogens with zero attached hydrogens (tertiary/aromatic N) is 2. The highest BCUT2D eigenvalue weighted by atomic mass is 16.2. The summed E-state index contributed by atoms with van der Waals surface area (Å²) in [6.45, 7) is 3.57. The zero-order valence-electron chi connectivity index (χ0n) is 15.5. The number of carbonyl (C=O) groups is 3. The minimum atomic E-state index is -0.204. The SMILES string of the molecule is O=C1CC2(CCN(c3ccc4c(c3)CN(C3CCC(=O)NC3=O)C4)CC2)C1. The number of rotatable bonds is 2. The molecular formula is C21H25N3O3. The Hall–Kier alpha value is -2.21. The average Bonchev–Trinajstić information content (AvgIpc) is 3.04. The molecule has 2 saturated heterocycles. The molecule has 0 bridgehead atoms. The Bertz CT molecular complexity index is 816. The van der Waals surface area contributed by atoms with Gasteiger partial charge in [0.1, 0.15) is 5.78 Å². The molecule has 0 aromatic heterocycles. The maximum atomic E-state index is 12.2. The Morgan fingerprint density at radius 1 is 1.00 bits per heavy atom. The number of fused-ring (bicyclic) bond motifs is 1. The third-order valence-corrected chi connectivity index (χ3v) is 6.92. The highest BCUT2D eigenvalue weighted by molar-refractivity contribution is 6.00. The van der Waals surface area contributed by atoms with E-state index >= 15 is 0 Å². The number of carbonyl (C=O) groups excluding carboxylic acids is 3. The minimum Gasteiger partial charge on any atom is -0.371 e. The molecule has 1 atom stereocenters. The van der Waals surface area contributed by atoms with E-state index in [0.717, 1.165) is 51.9 Å². The summed E-state index contributed by atoms with van der Waals surface area (Å²) in [7, 11) is 0. The third kappa shape index (κ3) is 2.96. The number of ketones is 1. The monoisotopic (exact) mass is 367 g/mol. The van der Waals surface area contributed by atoms with Crippen molar-refractivity contribution in [2.75, 3.05) is 18.0 Å². The molecule has 1 spiro atoms.